The molecule has 4 aliphatic rings. The molecule has 4 saturated carbocycles. The summed E-state index contributed by atoms with van der Waals surface area (Å²) in [6, 6.07) is 0. The van der Waals surface area contributed by atoms with E-state index in [1.54, 1.807) is 0 Å². The summed E-state index contributed by atoms with van der Waals surface area (Å²) < 4.78 is 0. The minimum Gasteiger partial charge on any atom is -0.393 e. The molecule has 0 spiro atoms. The fourth-order valence-corrected chi connectivity index (χ4v) is 9.04. The Kier molecular flexibility index (Phi) is 5.70. The quantitative estimate of drug-likeness (QED) is 0.604. The van der Waals surface area contributed by atoms with Crippen molar-refractivity contribution < 1.29 is 15.3 Å². The first kappa shape index (κ1) is 22.1. The first-order valence-electron chi connectivity index (χ1n) is 12.5. The molecule has 168 valence electrons. The van der Waals surface area contributed by atoms with Crippen LogP contribution in [0, 0.1) is 46.3 Å². The van der Waals surface area contributed by atoms with E-state index in [1.807, 2.05) is 13.8 Å². The van der Waals surface area contributed by atoms with E-state index in [2.05, 4.69) is 20.8 Å². The molecular weight excluding hydrogens is 360 g/mol. The summed E-state index contributed by atoms with van der Waals surface area (Å²) in [5.41, 5.74) is 0.0538. The van der Waals surface area contributed by atoms with Crippen LogP contribution in [0.3, 0.4) is 0 Å². The molecule has 29 heavy (non-hydrogen) atoms. The van der Waals surface area contributed by atoms with Crippen LogP contribution in [-0.4, -0.2) is 33.1 Å². The van der Waals surface area contributed by atoms with E-state index in [4.69, 9.17) is 0 Å². The molecule has 4 fully saturated rings. The lowest BCUT2D eigenvalue weighted by atomic mass is 9.43. The van der Waals surface area contributed by atoms with Gasteiger partial charge in [0, 0.05) is 0 Å². The van der Waals surface area contributed by atoms with E-state index >= 15 is 0 Å². The second kappa shape index (κ2) is 7.48. The van der Waals surface area contributed by atoms with Gasteiger partial charge in [-0.1, -0.05) is 20.8 Å². The van der Waals surface area contributed by atoms with E-state index in [-0.39, 0.29) is 17.6 Å². The van der Waals surface area contributed by atoms with Crippen LogP contribution in [0.4, 0.5) is 0 Å². The number of hydrogen-bond donors (Lipinski definition) is 3. The summed E-state index contributed by atoms with van der Waals surface area (Å²) in [7, 11) is 0. The minimum absolute atomic E-state index is 0.208. The number of aliphatic hydroxyl groups excluding tert-OH is 2. The molecule has 0 aliphatic heterocycles. The second-order valence-electron chi connectivity index (χ2n) is 12.8. The summed E-state index contributed by atoms with van der Waals surface area (Å²) in [4.78, 5) is 0. The van der Waals surface area contributed by atoms with Gasteiger partial charge in [0.2, 0.25) is 0 Å². The Balaban J connectivity index is 1.53. The van der Waals surface area contributed by atoms with Gasteiger partial charge in [-0.25, -0.2) is 0 Å². The van der Waals surface area contributed by atoms with Crippen LogP contribution in [0.2, 0.25) is 0 Å². The maximum Gasteiger partial charge on any atom is 0.0591 e. The van der Waals surface area contributed by atoms with Gasteiger partial charge in [0.05, 0.1) is 17.8 Å². The molecule has 3 heteroatoms. The van der Waals surface area contributed by atoms with Crippen LogP contribution in [0.25, 0.3) is 0 Å². The predicted molar refractivity (Wildman–Crippen MR) is 117 cm³/mol. The summed E-state index contributed by atoms with van der Waals surface area (Å²) >= 11 is 0. The van der Waals surface area contributed by atoms with E-state index < -0.39 is 5.60 Å². The Morgan fingerprint density at radius 2 is 1.55 bits per heavy atom. The monoisotopic (exact) mass is 406 g/mol. The number of rotatable bonds is 4. The molecule has 10 atom stereocenters. The maximum absolute atomic E-state index is 11.1. The molecular formula is C26H46O3. The average molecular weight is 407 g/mol. The zero-order valence-corrected chi connectivity index (χ0v) is 19.5. The maximum atomic E-state index is 11.1. The summed E-state index contributed by atoms with van der Waals surface area (Å²) in [6.45, 7) is 11.3. The highest BCUT2D eigenvalue weighted by molar-refractivity contribution is 5.11. The molecule has 0 saturated heterocycles. The van der Waals surface area contributed by atoms with Gasteiger partial charge in [-0.05, 0) is 124 Å². The molecule has 0 heterocycles. The third-order valence-corrected chi connectivity index (χ3v) is 10.6. The smallest absolute Gasteiger partial charge is 0.0591 e. The Bertz CT molecular complexity index is 597. The van der Waals surface area contributed by atoms with Gasteiger partial charge in [0.25, 0.3) is 0 Å². The van der Waals surface area contributed by atoms with E-state index in [9.17, 15) is 15.3 Å². The third kappa shape index (κ3) is 3.72. The largest absolute Gasteiger partial charge is 0.393 e. The van der Waals surface area contributed by atoms with Gasteiger partial charge in [0.1, 0.15) is 0 Å². The lowest BCUT2D eigenvalue weighted by Crippen LogP contribution is -2.58. The molecule has 4 rings (SSSR count). The van der Waals surface area contributed by atoms with Gasteiger partial charge in [-0.15, -0.1) is 0 Å². The molecule has 0 bridgehead atoms. The Labute approximate surface area is 178 Å². The van der Waals surface area contributed by atoms with Gasteiger partial charge < -0.3 is 15.3 Å². The standard InChI is InChI=1S/C26H46O3/c1-16(8-11-24(2,3)29)19-6-7-20-18-15-23(28)22-14-17(27)9-12-26(22,5)21(18)10-13-25(19,20)4/h16-23,27-29H,6-15H2,1-5H3/t16-,17-,18+,19-,20+,21+,22+,23+,25-,26-/m1/s1. The highest BCUT2D eigenvalue weighted by Crippen LogP contribution is 2.68. The van der Waals surface area contributed by atoms with Crippen molar-refractivity contribution in [3.05, 3.63) is 0 Å². The van der Waals surface area contributed by atoms with Crippen molar-refractivity contribution in [2.45, 2.75) is 117 Å². The van der Waals surface area contributed by atoms with Gasteiger partial charge in [-0.3, -0.25) is 0 Å². The summed E-state index contributed by atoms with van der Waals surface area (Å²) in [6.07, 6.45) is 10.6. The van der Waals surface area contributed by atoms with Crippen molar-refractivity contribution in [1.82, 2.24) is 0 Å². The predicted octanol–water partition coefficient (Wildman–Crippen LogP) is 5.16. The zero-order valence-electron chi connectivity index (χ0n) is 19.5. The Morgan fingerprint density at radius 3 is 2.24 bits per heavy atom. The fraction of sp³-hybridized carbons (Fsp3) is 1.00. The van der Waals surface area contributed by atoms with E-state index in [0.717, 1.165) is 56.3 Å². The molecule has 4 aliphatic carbocycles. The van der Waals surface area contributed by atoms with Crippen LogP contribution < -0.4 is 0 Å². The van der Waals surface area contributed by atoms with Crippen LogP contribution in [0.1, 0.15) is 98.8 Å². The zero-order chi connectivity index (χ0) is 21.2. The molecule has 3 N–H and O–H groups in total. The molecule has 0 radical (unpaired) electrons. The second-order valence-corrected chi connectivity index (χ2v) is 12.8. The first-order chi connectivity index (χ1) is 13.5. The molecule has 0 amide bonds. The number of fused-ring (bicyclic) bond motifs is 5. The lowest BCUT2D eigenvalue weighted by Gasteiger charge is -2.62. The van der Waals surface area contributed by atoms with Crippen molar-refractivity contribution in [3.8, 4) is 0 Å². The molecule has 3 nitrogen and oxygen atoms in total. The average Bonchev–Trinajstić information content (AvgIpc) is 2.98. The van der Waals surface area contributed by atoms with Crippen molar-refractivity contribution >= 4 is 0 Å². The van der Waals surface area contributed by atoms with Crippen LogP contribution >= 0.6 is 0 Å². The molecule has 0 aromatic carbocycles. The normalized spacial score (nSPS) is 51.1. The third-order valence-electron chi connectivity index (χ3n) is 10.6. The molecule has 0 aromatic rings. The van der Waals surface area contributed by atoms with E-state index in [0.29, 0.717) is 23.2 Å². The first-order valence-corrected chi connectivity index (χ1v) is 12.5. The fourth-order valence-electron chi connectivity index (χ4n) is 9.04. The highest BCUT2D eigenvalue weighted by Gasteiger charge is 2.62. The van der Waals surface area contributed by atoms with Crippen molar-refractivity contribution in [3.63, 3.8) is 0 Å². The van der Waals surface area contributed by atoms with Crippen LogP contribution in [0.5, 0.6) is 0 Å². The SMILES string of the molecule is C[C@H](CCC(C)(C)O)[C@H]1CC[C@H]2[C@@H]3C[C@H](O)[C@@H]4C[C@H](O)CC[C@]4(C)[C@H]3CC[C@]12C. The number of hydrogen-bond acceptors (Lipinski definition) is 3. The van der Waals surface area contributed by atoms with Crippen molar-refractivity contribution in [1.29, 1.82) is 0 Å². The van der Waals surface area contributed by atoms with Crippen molar-refractivity contribution in [2.24, 2.45) is 46.3 Å². The van der Waals surface area contributed by atoms with Gasteiger partial charge in [0.15, 0.2) is 0 Å². The molecule has 0 unspecified atom stereocenters. The van der Waals surface area contributed by atoms with Crippen LogP contribution in [-0.2, 0) is 0 Å². The van der Waals surface area contributed by atoms with E-state index in [1.165, 1.54) is 25.7 Å². The van der Waals surface area contributed by atoms with Gasteiger partial charge in [-0.2, -0.15) is 0 Å². The van der Waals surface area contributed by atoms with Crippen molar-refractivity contribution in [2.75, 3.05) is 0 Å². The Hall–Kier alpha value is -0.120. The van der Waals surface area contributed by atoms with Crippen LogP contribution in [0.15, 0.2) is 0 Å². The summed E-state index contributed by atoms with van der Waals surface area (Å²) in [5.74, 6) is 3.84. The minimum atomic E-state index is -0.562. The molecule has 0 aromatic heterocycles. The highest BCUT2D eigenvalue weighted by atomic mass is 16.3. The topological polar surface area (TPSA) is 60.7 Å². The summed E-state index contributed by atoms with van der Waals surface area (Å²) in [5, 5.41) is 31.6. The lowest BCUT2D eigenvalue weighted by molar-refractivity contribution is -0.172. The van der Waals surface area contributed by atoms with Gasteiger partial charge >= 0.3 is 0 Å². The Morgan fingerprint density at radius 1 is 0.897 bits per heavy atom. The number of aliphatic hydroxyl groups is 3.